The van der Waals surface area contributed by atoms with Gasteiger partial charge in [-0.25, -0.2) is 0 Å². The zero-order valence-corrected chi connectivity index (χ0v) is 12.8. The van der Waals surface area contributed by atoms with Crippen LogP contribution >= 0.6 is 12.4 Å². The number of carbonyl (C=O) groups excluding carboxylic acids is 1. The summed E-state index contributed by atoms with van der Waals surface area (Å²) in [7, 11) is 0. The summed E-state index contributed by atoms with van der Waals surface area (Å²) in [6.07, 6.45) is -0.737. The lowest BCUT2D eigenvalue weighted by molar-refractivity contribution is -0.137. The minimum Gasteiger partial charge on any atom is -0.353 e. The zero-order chi connectivity index (χ0) is 15.5. The molecule has 0 atom stereocenters. The van der Waals surface area contributed by atoms with E-state index in [1.54, 1.807) is 0 Å². The number of carbonyl (C=O) groups is 1. The van der Waals surface area contributed by atoms with E-state index >= 15 is 0 Å². The van der Waals surface area contributed by atoms with Crippen LogP contribution in [0.1, 0.15) is 36.8 Å². The maximum Gasteiger partial charge on any atom is 0.416 e. The molecule has 1 aromatic carbocycles. The third-order valence-electron chi connectivity index (χ3n) is 3.78. The van der Waals surface area contributed by atoms with Crippen molar-refractivity contribution in [1.29, 1.82) is 0 Å². The van der Waals surface area contributed by atoms with Crippen molar-refractivity contribution in [2.24, 2.45) is 5.73 Å². The van der Waals surface area contributed by atoms with Crippen LogP contribution in [0, 0.1) is 0 Å². The van der Waals surface area contributed by atoms with E-state index in [1.165, 1.54) is 12.1 Å². The highest BCUT2D eigenvalue weighted by Crippen LogP contribution is 2.29. The number of nitrogens with two attached hydrogens (primary N) is 1. The molecule has 1 aliphatic rings. The normalized spacial score (nSPS) is 21.8. The molecule has 2 rings (SSSR count). The standard InChI is InChI=1S/C15H19F3N2O.ClH/c16-15(17,18)11-3-1-10(2-4-11)9-14(21)20-13-7-5-12(19)6-8-13;/h1-4,12-13H,5-9,19H2,(H,20,21);1H. The average Bonchev–Trinajstić information content (AvgIpc) is 2.41. The Morgan fingerprint density at radius 2 is 1.68 bits per heavy atom. The fraction of sp³-hybridized carbons (Fsp3) is 0.533. The van der Waals surface area contributed by atoms with Crippen LogP contribution in [0.2, 0.25) is 0 Å². The van der Waals surface area contributed by atoms with Crippen LogP contribution in [0.25, 0.3) is 0 Å². The Bertz CT molecular complexity index is 483. The van der Waals surface area contributed by atoms with E-state index in [9.17, 15) is 18.0 Å². The summed E-state index contributed by atoms with van der Waals surface area (Å²) >= 11 is 0. The van der Waals surface area contributed by atoms with Gasteiger partial charge in [-0.2, -0.15) is 13.2 Å². The maximum atomic E-state index is 12.4. The number of amides is 1. The van der Waals surface area contributed by atoms with Gasteiger partial charge in [-0.05, 0) is 43.4 Å². The smallest absolute Gasteiger partial charge is 0.353 e. The quantitative estimate of drug-likeness (QED) is 0.891. The molecule has 0 unspecified atom stereocenters. The van der Waals surface area contributed by atoms with Gasteiger partial charge in [-0.1, -0.05) is 12.1 Å². The Hall–Kier alpha value is -1.27. The SMILES string of the molecule is Cl.NC1CCC(NC(=O)Cc2ccc(C(F)(F)F)cc2)CC1. The molecule has 3 nitrogen and oxygen atoms in total. The molecule has 7 heteroatoms. The second kappa shape index (κ2) is 7.83. The van der Waals surface area contributed by atoms with Gasteiger partial charge in [0, 0.05) is 12.1 Å². The fourth-order valence-corrected chi connectivity index (χ4v) is 2.54. The summed E-state index contributed by atoms with van der Waals surface area (Å²) in [6, 6.07) is 5.04. The Balaban J connectivity index is 0.00000242. The predicted molar refractivity (Wildman–Crippen MR) is 80.8 cm³/mol. The van der Waals surface area contributed by atoms with Crippen molar-refractivity contribution in [2.75, 3.05) is 0 Å². The number of rotatable bonds is 3. The van der Waals surface area contributed by atoms with Gasteiger partial charge in [0.25, 0.3) is 0 Å². The highest BCUT2D eigenvalue weighted by Gasteiger charge is 2.30. The van der Waals surface area contributed by atoms with Crippen LogP contribution in [0.5, 0.6) is 0 Å². The van der Waals surface area contributed by atoms with Gasteiger partial charge >= 0.3 is 6.18 Å². The van der Waals surface area contributed by atoms with Gasteiger partial charge in [-0.15, -0.1) is 12.4 Å². The largest absolute Gasteiger partial charge is 0.416 e. The fourth-order valence-electron chi connectivity index (χ4n) is 2.54. The monoisotopic (exact) mass is 336 g/mol. The summed E-state index contributed by atoms with van der Waals surface area (Å²) in [5, 5.41) is 2.92. The first kappa shape index (κ1) is 18.8. The molecule has 22 heavy (non-hydrogen) atoms. The molecule has 1 amide bonds. The maximum absolute atomic E-state index is 12.4. The lowest BCUT2D eigenvalue weighted by Crippen LogP contribution is -2.41. The summed E-state index contributed by atoms with van der Waals surface area (Å²) in [4.78, 5) is 11.9. The Morgan fingerprint density at radius 1 is 1.14 bits per heavy atom. The third kappa shape index (κ3) is 5.50. The minimum absolute atomic E-state index is 0. The number of alkyl halides is 3. The molecular formula is C15H20ClF3N2O. The lowest BCUT2D eigenvalue weighted by atomic mass is 9.91. The van der Waals surface area contributed by atoms with Gasteiger partial charge in [0.05, 0.1) is 12.0 Å². The molecule has 0 saturated heterocycles. The molecule has 1 aromatic rings. The molecule has 0 bridgehead atoms. The van der Waals surface area contributed by atoms with E-state index in [0.29, 0.717) is 5.56 Å². The highest BCUT2D eigenvalue weighted by molar-refractivity contribution is 5.85. The van der Waals surface area contributed by atoms with Crippen LogP contribution < -0.4 is 11.1 Å². The highest BCUT2D eigenvalue weighted by atomic mass is 35.5. The third-order valence-corrected chi connectivity index (χ3v) is 3.78. The molecule has 0 spiro atoms. The Labute approximate surface area is 133 Å². The molecule has 0 aliphatic heterocycles. The van der Waals surface area contributed by atoms with E-state index in [2.05, 4.69) is 5.32 Å². The minimum atomic E-state index is -4.35. The zero-order valence-electron chi connectivity index (χ0n) is 12.0. The van der Waals surface area contributed by atoms with Crippen LogP contribution in [0.15, 0.2) is 24.3 Å². The van der Waals surface area contributed by atoms with Crippen LogP contribution in [-0.2, 0) is 17.4 Å². The van der Waals surface area contributed by atoms with Crippen molar-refractivity contribution in [3.63, 3.8) is 0 Å². The first-order valence-corrected chi connectivity index (χ1v) is 7.05. The Morgan fingerprint density at radius 3 is 2.18 bits per heavy atom. The van der Waals surface area contributed by atoms with Gasteiger partial charge in [0.2, 0.25) is 5.91 Å². The van der Waals surface area contributed by atoms with Crippen LogP contribution in [0.4, 0.5) is 13.2 Å². The van der Waals surface area contributed by atoms with Crippen molar-refractivity contribution in [2.45, 2.75) is 50.4 Å². The summed E-state index contributed by atoms with van der Waals surface area (Å²) in [6.45, 7) is 0. The Kier molecular flexibility index (Phi) is 6.68. The van der Waals surface area contributed by atoms with E-state index in [4.69, 9.17) is 5.73 Å². The number of benzene rings is 1. The lowest BCUT2D eigenvalue weighted by Gasteiger charge is -2.26. The van der Waals surface area contributed by atoms with Crippen molar-refractivity contribution in [3.8, 4) is 0 Å². The first-order valence-electron chi connectivity index (χ1n) is 7.05. The number of hydrogen-bond acceptors (Lipinski definition) is 2. The number of halogens is 4. The molecule has 1 saturated carbocycles. The second-order valence-corrected chi connectivity index (χ2v) is 5.55. The summed E-state index contributed by atoms with van der Waals surface area (Å²) in [5.41, 5.74) is 5.67. The van der Waals surface area contributed by atoms with Crippen LogP contribution in [0.3, 0.4) is 0 Å². The molecule has 124 valence electrons. The molecule has 0 radical (unpaired) electrons. The number of hydrogen-bond donors (Lipinski definition) is 2. The second-order valence-electron chi connectivity index (χ2n) is 5.55. The summed E-state index contributed by atoms with van der Waals surface area (Å²) < 4.78 is 37.3. The van der Waals surface area contributed by atoms with Crippen molar-refractivity contribution in [1.82, 2.24) is 5.32 Å². The molecular weight excluding hydrogens is 317 g/mol. The van der Waals surface area contributed by atoms with E-state index < -0.39 is 11.7 Å². The molecule has 1 aliphatic carbocycles. The summed E-state index contributed by atoms with van der Waals surface area (Å²) in [5.74, 6) is -0.157. The average molecular weight is 337 g/mol. The predicted octanol–water partition coefficient (Wildman–Crippen LogP) is 3.06. The van der Waals surface area contributed by atoms with Gasteiger partial charge < -0.3 is 11.1 Å². The van der Waals surface area contributed by atoms with Gasteiger partial charge in [0.1, 0.15) is 0 Å². The molecule has 0 heterocycles. The first-order chi connectivity index (χ1) is 9.84. The van der Waals surface area contributed by atoms with E-state index in [-0.39, 0.29) is 36.8 Å². The molecule has 1 fully saturated rings. The van der Waals surface area contributed by atoms with Crippen molar-refractivity contribution >= 4 is 18.3 Å². The van der Waals surface area contributed by atoms with Crippen LogP contribution in [-0.4, -0.2) is 18.0 Å². The number of nitrogens with one attached hydrogen (secondary N) is 1. The van der Waals surface area contributed by atoms with Gasteiger partial charge in [-0.3, -0.25) is 4.79 Å². The van der Waals surface area contributed by atoms with Gasteiger partial charge in [0.15, 0.2) is 0 Å². The molecule has 3 N–H and O–H groups in total. The van der Waals surface area contributed by atoms with Crippen molar-refractivity contribution < 1.29 is 18.0 Å². The van der Waals surface area contributed by atoms with E-state index in [1.807, 2.05) is 0 Å². The van der Waals surface area contributed by atoms with Crippen molar-refractivity contribution in [3.05, 3.63) is 35.4 Å². The topological polar surface area (TPSA) is 55.1 Å². The van der Waals surface area contributed by atoms with E-state index in [0.717, 1.165) is 37.8 Å². The molecule has 0 aromatic heterocycles.